The first-order valence-corrected chi connectivity index (χ1v) is 9.04. The average molecular weight is 341 g/mol. The Kier molecular flexibility index (Phi) is 5.53. The zero-order valence-corrected chi connectivity index (χ0v) is 15.2. The van der Waals surface area contributed by atoms with Gasteiger partial charge in [-0.3, -0.25) is 9.89 Å². The number of benzene rings is 1. The van der Waals surface area contributed by atoms with Gasteiger partial charge in [0.25, 0.3) is 5.91 Å². The molecule has 1 aromatic carbocycles. The number of aromatic amines is 1. The second-order valence-corrected chi connectivity index (χ2v) is 7.36. The number of hydrogen-bond donors (Lipinski definition) is 2. The fourth-order valence-electron chi connectivity index (χ4n) is 3.46. The Balaban J connectivity index is 1.72. The van der Waals surface area contributed by atoms with E-state index in [4.69, 9.17) is 4.74 Å². The van der Waals surface area contributed by atoms with Crippen molar-refractivity contribution < 1.29 is 9.53 Å². The number of aromatic nitrogens is 2. The van der Waals surface area contributed by atoms with Crippen molar-refractivity contribution in [2.45, 2.75) is 58.3 Å². The molecule has 3 rings (SSSR count). The summed E-state index contributed by atoms with van der Waals surface area (Å²) in [4.78, 5) is 12.5. The van der Waals surface area contributed by atoms with E-state index >= 15 is 0 Å². The molecule has 1 amide bonds. The van der Waals surface area contributed by atoms with Crippen molar-refractivity contribution in [1.82, 2.24) is 15.5 Å². The number of ether oxygens (including phenoxy) is 1. The number of carbonyl (C=O) groups is 1. The summed E-state index contributed by atoms with van der Waals surface area (Å²) in [5.41, 5.74) is 2.64. The molecule has 1 aliphatic heterocycles. The predicted molar refractivity (Wildman–Crippen MR) is 97.3 cm³/mol. The maximum absolute atomic E-state index is 12.5. The topological polar surface area (TPSA) is 67.0 Å². The minimum Gasteiger partial charge on any atom is -0.368 e. The molecule has 0 unspecified atom stereocenters. The van der Waals surface area contributed by atoms with E-state index in [1.165, 1.54) is 0 Å². The number of aryl methyl sites for hydroxylation is 1. The third-order valence-corrected chi connectivity index (χ3v) is 4.56. The average Bonchev–Trinajstić information content (AvgIpc) is 3.01. The van der Waals surface area contributed by atoms with Gasteiger partial charge in [0, 0.05) is 17.3 Å². The molecule has 5 heteroatoms. The summed E-state index contributed by atoms with van der Waals surface area (Å²) in [6, 6.07) is 11.5. The van der Waals surface area contributed by atoms with Crippen LogP contribution in [0.15, 0.2) is 36.4 Å². The zero-order valence-electron chi connectivity index (χ0n) is 15.2. The summed E-state index contributed by atoms with van der Waals surface area (Å²) < 4.78 is 6.28. The van der Waals surface area contributed by atoms with E-state index in [-0.39, 0.29) is 24.2 Å². The molecular formula is C20H27N3O2. The van der Waals surface area contributed by atoms with Crippen molar-refractivity contribution in [2.24, 2.45) is 5.92 Å². The minimum absolute atomic E-state index is 0.0206. The first-order chi connectivity index (χ1) is 12.0. The van der Waals surface area contributed by atoms with Crippen LogP contribution in [0.5, 0.6) is 0 Å². The highest BCUT2D eigenvalue weighted by Crippen LogP contribution is 2.33. The summed E-state index contributed by atoms with van der Waals surface area (Å²) in [6.07, 6.45) is 2.63. The third-order valence-electron chi connectivity index (χ3n) is 4.56. The number of amides is 1. The lowest BCUT2D eigenvalue weighted by Gasteiger charge is -2.36. The Morgan fingerprint density at radius 3 is 2.72 bits per heavy atom. The summed E-state index contributed by atoms with van der Waals surface area (Å²) in [5.74, 6) is 0.530. The van der Waals surface area contributed by atoms with Crippen molar-refractivity contribution in [1.29, 1.82) is 0 Å². The lowest BCUT2D eigenvalue weighted by molar-refractivity contribution is -0.0718. The van der Waals surface area contributed by atoms with E-state index in [1.54, 1.807) is 0 Å². The van der Waals surface area contributed by atoms with Crippen LogP contribution in [0.1, 0.15) is 61.0 Å². The number of carbonyl (C=O) groups excluding carboxylic acids is 1. The first kappa shape index (κ1) is 17.7. The zero-order chi connectivity index (χ0) is 17.8. The number of rotatable bonds is 5. The molecule has 0 saturated carbocycles. The lowest BCUT2D eigenvalue weighted by atomic mass is 9.92. The number of nitrogens with zero attached hydrogens (tertiary/aromatic N) is 1. The van der Waals surface area contributed by atoms with Crippen LogP contribution in [0.4, 0.5) is 0 Å². The van der Waals surface area contributed by atoms with Crippen LogP contribution < -0.4 is 5.32 Å². The van der Waals surface area contributed by atoms with Gasteiger partial charge in [-0.1, -0.05) is 32.0 Å². The molecule has 3 atom stereocenters. The van der Waals surface area contributed by atoms with Gasteiger partial charge in [-0.2, -0.15) is 5.10 Å². The van der Waals surface area contributed by atoms with Crippen molar-refractivity contribution in [3.8, 4) is 0 Å². The fraction of sp³-hybridized carbons (Fsp3) is 0.500. The van der Waals surface area contributed by atoms with Gasteiger partial charge in [0.2, 0.25) is 0 Å². The number of H-pyrrole nitrogens is 1. The maximum Gasteiger partial charge on any atom is 0.251 e. The number of nitrogens with one attached hydrogen (secondary N) is 2. The van der Waals surface area contributed by atoms with Gasteiger partial charge in [0.1, 0.15) is 6.10 Å². The summed E-state index contributed by atoms with van der Waals surface area (Å²) in [6.45, 7) is 6.38. The molecule has 134 valence electrons. The van der Waals surface area contributed by atoms with E-state index in [1.807, 2.05) is 43.3 Å². The molecule has 0 spiro atoms. The van der Waals surface area contributed by atoms with Crippen LogP contribution in [0, 0.1) is 12.8 Å². The largest absolute Gasteiger partial charge is 0.368 e. The fourth-order valence-corrected chi connectivity index (χ4v) is 3.46. The molecule has 25 heavy (non-hydrogen) atoms. The minimum atomic E-state index is -0.0801. The van der Waals surface area contributed by atoms with Crippen molar-refractivity contribution >= 4 is 5.91 Å². The lowest BCUT2D eigenvalue weighted by Crippen LogP contribution is -2.43. The van der Waals surface area contributed by atoms with Gasteiger partial charge in [0.15, 0.2) is 0 Å². The normalized spacial score (nSPS) is 23.6. The van der Waals surface area contributed by atoms with Crippen molar-refractivity contribution in [2.75, 3.05) is 0 Å². The van der Waals surface area contributed by atoms with Crippen LogP contribution in [0.3, 0.4) is 0 Å². The Hall–Kier alpha value is -2.14. The highest BCUT2D eigenvalue weighted by molar-refractivity contribution is 5.94. The Morgan fingerprint density at radius 2 is 2.08 bits per heavy atom. The summed E-state index contributed by atoms with van der Waals surface area (Å²) in [7, 11) is 0. The van der Waals surface area contributed by atoms with Crippen LogP contribution in [-0.4, -0.2) is 28.3 Å². The maximum atomic E-state index is 12.5. The smallest absolute Gasteiger partial charge is 0.251 e. The molecule has 1 aromatic heterocycles. The number of hydrogen-bond acceptors (Lipinski definition) is 3. The van der Waals surface area contributed by atoms with E-state index in [0.29, 0.717) is 11.5 Å². The summed E-state index contributed by atoms with van der Waals surface area (Å²) >= 11 is 0. The highest BCUT2D eigenvalue weighted by atomic mass is 16.5. The molecule has 2 aromatic rings. The Morgan fingerprint density at radius 1 is 1.32 bits per heavy atom. The summed E-state index contributed by atoms with van der Waals surface area (Å²) in [5, 5.41) is 10.5. The van der Waals surface area contributed by atoms with Crippen LogP contribution in [0.2, 0.25) is 0 Å². The molecule has 2 heterocycles. The predicted octanol–water partition coefficient (Wildman–Crippen LogP) is 3.78. The Labute approximate surface area is 149 Å². The van der Waals surface area contributed by atoms with E-state index < -0.39 is 0 Å². The van der Waals surface area contributed by atoms with Crippen LogP contribution in [0.25, 0.3) is 0 Å². The van der Waals surface area contributed by atoms with Gasteiger partial charge in [-0.25, -0.2) is 0 Å². The second-order valence-electron chi connectivity index (χ2n) is 7.36. The van der Waals surface area contributed by atoms with Crippen molar-refractivity contribution in [3.63, 3.8) is 0 Å². The van der Waals surface area contributed by atoms with Gasteiger partial charge >= 0.3 is 0 Å². The molecule has 1 fully saturated rings. The molecule has 0 bridgehead atoms. The van der Waals surface area contributed by atoms with E-state index in [0.717, 1.165) is 30.7 Å². The standard InChI is InChI=1S/C20H27N3O2/c1-13(2)9-17-11-16(21-20(24)15-7-5-4-6-8-15)12-19(25-17)18-10-14(3)22-23-18/h4-8,10,13,16-17,19H,9,11-12H2,1-3H3,(H,21,24)(H,22,23)/t16-,17+,19+/m1/s1. The highest BCUT2D eigenvalue weighted by Gasteiger charge is 2.32. The van der Waals surface area contributed by atoms with Gasteiger partial charge < -0.3 is 10.1 Å². The molecule has 1 aliphatic rings. The van der Waals surface area contributed by atoms with E-state index in [2.05, 4.69) is 29.4 Å². The molecule has 1 saturated heterocycles. The molecule has 5 nitrogen and oxygen atoms in total. The van der Waals surface area contributed by atoms with Crippen LogP contribution in [-0.2, 0) is 4.74 Å². The SMILES string of the molecule is Cc1cc([C@@H]2C[C@H](NC(=O)c3ccccc3)C[C@H](CC(C)C)O2)n[nH]1. The molecule has 0 aliphatic carbocycles. The van der Waals surface area contributed by atoms with Crippen LogP contribution >= 0.6 is 0 Å². The van der Waals surface area contributed by atoms with Gasteiger partial charge in [-0.05, 0) is 50.3 Å². The molecule has 0 radical (unpaired) electrons. The molecular weight excluding hydrogens is 314 g/mol. The van der Waals surface area contributed by atoms with Gasteiger partial charge in [0.05, 0.1) is 11.8 Å². The quantitative estimate of drug-likeness (QED) is 0.869. The van der Waals surface area contributed by atoms with Gasteiger partial charge in [-0.15, -0.1) is 0 Å². The van der Waals surface area contributed by atoms with E-state index in [9.17, 15) is 4.79 Å². The van der Waals surface area contributed by atoms with Crippen molar-refractivity contribution in [3.05, 3.63) is 53.3 Å². The first-order valence-electron chi connectivity index (χ1n) is 9.04. The second kappa shape index (κ2) is 7.83. The molecule has 2 N–H and O–H groups in total. The third kappa shape index (κ3) is 4.69. The monoisotopic (exact) mass is 341 g/mol. The Bertz CT molecular complexity index is 696.